The van der Waals surface area contributed by atoms with Crippen LogP contribution in [0.4, 0.5) is 5.82 Å². The molecule has 0 spiro atoms. The van der Waals surface area contributed by atoms with Crippen LogP contribution < -0.4 is 16.4 Å². The highest BCUT2D eigenvalue weighted by molar-refractivity contribution is 5.92. The van der Waals surface area contributed by atoms with E-state index < -0.39 is 11.9 Å². The molecule has 4 N–H and O–H groups in total. The second kappa shape index (κ2) is 9.67. The van der Waals surface area contributed by atoms with Crippen LogP contribution in [-0.2, 0) is 16.0 Å². The SMILES string of the molecule is CC(C)[C@H](Nc1nc(CCCC(=O)NC2CCCC2)nc2ccccc12)C(N)=O. The Labute approximate surface area is 171 Å². The number of nitrogens with two attached hydrogens (primary N) is 1. The summed E-state index contributed by atoms with van der Waals surface area (Å²) >= 11 is 0. The number of nitrogens with one attached hydrogen (secondary N) is 2. The zero-order valence-corrected chi connectivity index (χ0v) is 17.3. The van der Waals surface area contributed by atoms with Crippen LogP contribution in [0, 0.1) is 5.92 Å². The molecule has 0 radical (unpaired) electrons. The summed E-state index contributed by atoms with van der Waals surface area (Å²) in [4.78, 5) is 33.3. The number of para-hydroxylation sites is 1. The van der Waals surface area contributed by atoms with E-state index in [9.17, 15) is 9.59 Å². The van der Waals surface area contributed by atoms with Crippen LogP contribution in [0.1, 0.15) is 58.2 Å². The van der Waals surface area contributed by atoms with E-state index in [1.54, 1.807) is 0 Å². The van der Waals surface area contributed by atoms with Gasteiger partial charge in [-0.15, -0.1) is 0 Å². The molecular weight excluding hydrogens is 366 g/mol. The summed E-state index contributed by atoms with van der Waals surface area (Å²) in [6, 6.07) is 7.52. The van der Waals surface area contributed by atoms with E-state index >= 15 is 0 Å². The van der Waals surface area contributed by atoms with Crippen molar-refractivity contribution >= 4 is 28.5 Å². The van der Waals surface area contributed by atoms with Gasteiger partial charge in [0.2, 0.25) is 11.8 Å². The normalized spacial score (nSPS) is 15.6. The molecule has 1 atom stereocenters. The van der Waals surface area contributed by atoms with E-state index in [-0.39, 0.29) is 11.8 Å². The largest absolute Gasteiger partial charge is 0.368 e. The molecule has 29 heavy (non-hydrogen) atoms. The van der Waals surface area contributed by atoms with Crippen molar-refractivity contribution in [3.63, 3.8) is 0 Å². The molecule has 0 bridgehead atoms. The predicted molar refractivity (Wildman–Crippen MR) is 114 cm³/mol. The number of amides is 2. The summed E-state index contributed by atoms with van der Waals surface area (Å²) in [6.45, 7) is 3.88. The summed E-state index contributed by atoms with van der Waals surface area (Å²) in [7, 11) is 0. The minimum atomic E-state index is -0.515. The predicted octanol–water partition coefficient (Wildman–Crippen LogP) is 2.93. The maximum atomic E-state index is 12.1. The van der Waals surface area contributed by atoms with Crippen molar-refractivity contribution in [2.24, 2.45) is 11.7 Å². The Hall–Kier alpha value is -2.70. The summed E-state index contributed by atoms with van der Waals surface area (Å²) < 4.78 is 0. The topological polar surface area (TPSA) is 110 Å². The first-order chi connectivity index (χ1) is 13.9. The highest BCUT2D eigenvalue weighted by Crippen LogP contribution is 2.23. The number of hydrogen-bond donors (Lipinski definition) is 3. The maximum absolute atomic E-state index is 12.1. The van der Waals surface area contributed by atoms with Gasteiger partial charge in [-0.3, -0.25) is 9.59 Å². The van der Waals surface area contributed by atoms with Gasteiger partial charge in [0.25, 0.3) is 0 Å². The lowest BCUT2D eigenvalue weighted by Gasteiger charge is -2.21. The number of carbonyl (C=O) groups excluding carboxylic acids is 2. The van der Waals surface area contributed by atoms with E-state index in [0.29, 0.717) is 36.9 Å². The van der Waals surface area contributed by atoms with Crippen molar-refractivity contribution in [2.75, 3.05) is 5.32 Å². The Balaban J connectivity index is 1.69. The number of hydrogen-bond acceptors (Lipinski definition) is 5. The highest BCUT2D eigenvalue weighted by atomic mass is 16.2. The molecule has 0 aliphatic heterocycles. The van der Waals surface area contributed by atoms with Crippen molar-refractivity contribution in [3.8, 4) is 0 Å². The first-order valence-electron chi connectivity index (χ1n) is 10.5. The second-order valence-corrected chi connectivity index (χ2v) is 8.18. The third-order valence-electron chi connectivity index (χ3n) is 5.44. The molecule has 3 rings (SSSR count). The third kappa shape index (κ3) is 5.65. The average Bonchev–Trinajstić information content (AvgIpc) is 3.18. The molecule has 0 unspecified atom stereocenters. The average molecular weight is 398 g/mol. The van der Waals surface area contributed by atoms with Crippen molar-refractivity contribution < 1.29 is 9.59 Å². The van der Waals surface area contributed by atoms with E-state index in [1.807, 2.05) is 38.1 Å². The summed E-state index contributed by atoms with van der Waals surface area (Å²) in [5, 5.41) is 7.17. The van der Waals surface area contributed by atoms with Crippen LogP contribution in [0.3, 0.4) is 0 Å². The lowest BCUT2D eigenvalue weighted by Crippen LogP contribution is -2.39. The Morgan fingerprint density at radius 2 is 1.90 bits per heavy atom. The van der Waals surface area contributed by atoms with Gasteiger partial charge in [0.05, 0.1) is 5.52 Å². The quantitative estimate of drug-likeness (QED) is 0.603. The van der Waals surface area contributed by atoms with Crippen LogP contribution in [0.15, 0.2) is 24.3 Å². The van der Waals surface area contributed by atoms with E-state index in [0.717, 1.165) is 23.7 Å². The van der Waals surface area contributed by atoms with Crippen molar-refractivity contribution in [2.45, 2.75) is 70.9 Å². The second-order valence-electron chi connectivity index (χ2n) is 8.18. The summed E-state index contributed by atoms with van der Waals surface area (Å²) in [5.74, 6) is 0.992. The molecule has 1 aromatic heterocycles. The van der Waals surface area contributed by atoms with Crippen LogP contribution in [-0.4, -0.2) is 33.9 Å². The Bertz CT molecular complexity index is 861. The number of primary amides is 1. The minimum absolute atomic E-state index is 0.0314. The molecule has 1 fully saturated rings. The fourth-order valence-corrected chi connectivity index (χ4v) is 3.84. The van der Waals surface area contributed by atoms with Gasteiger partial charge in [-0.1, -0.05) is 38.8 Å². The molecule has 0 saturated heterocycles. The fraction of sp³-hybridized carbons (Fsp3) is 0.545. The zero-order chi connectivity index (χ0) is 20.8. The van der Waals surface area contributed by atoms with Crippen LogP contribution >= 0.6 is 0 Å². The molecular formula is C22H31N5O2. The van der Waals surface area contributed by atoms with Crippen molar-refractivity contribution in [1.82, 2.24) is 15.3 Å². The Morgan fingerprint density at radius 3 is 2.59 bits per heavy atom. The molecule has 1 heterocycles. The highest BCUT2D eigenvalue weighted by Gasteiger charge is 2.21. The van der Waals surface area contributed by atoms with Gasteiger partial charge in [0, 0.05) is 24.3 Å². The first-order valence-corrected chi connectivity index (χ1v) is 10.5. The number of benzene rings is 1. The van der Waals surface area contributed by atoms with Gasteiger partial charge < -0.3 is 16.4 Å². The molecule has 2 aromatic rings. The monoisotopic (exact) mass is 397 g/mol. The maximum Gasteiger partial charge on any atom is 0.240 e. The number of rotatable bonds is 9. The van der Waals surface area contributed by atoms with Gasteiger partial charge in [0.1, 0.15) is 17.7 Å². The van der Waals surface area contributed by atoms with Gasteiger partial charge in [-0.25, -0.2) is 9.97 Å². The van der Waals surface area contributed by atoms with Gasteiger partial charge >= 0.3 is 0 Å². The van der Waals surface area contributed by atoms with Crippen LogP contribution in [0.2, 0.25) is 0 Å². The molecule has 1 aromatic carbocycles. The smallest absolute Gasteiger partial charge is 0.240 e. The Kier molecular flexibility index (Phi) is 7.01. The fourth-order valence-electron chi connectivity index (χ4n) is 3.84. The van der Waals surface area contributed by atoms with E-state index in [4.69, 9.17) is 5.73 Å². The molecule has 7 nitrogen and oxygen atoms in total. The van der Waals surface area contributed by atoms with Crippen LogP contribution in [0.5, 0.6) is 0 Å². The van der Waals surface area contributed by atoms with Crippen molar-refractivity contribution in [1.29, 1.82) is 0 Å². The number of anilines is 1. The molecule has 1 saturated carbocycles. The Morgan fingerprint density at radius 1 is 1.17 bits per heavy atom. The van der Waals surface area contributed by atoms with Crippen LogP contribution in [0.25, 0.3) is 10.9 Å². The number of aromatic nitrogens is 2. The van der Waals surface area contributed by atoms with Crippen molar-refractivity contribution in [3.05, 3.63) is 30.1 Å². The molecule has 1 aliphatic carbocycles. The number of fused-ring (bicyclic) bond motifs is 1. The van der Waals surface area contributed by atoms with Gasteiger partial charge in [-0.2, -0.15) is 0 Å². The lowest BCUT2D eigenvalue weighted by atomic mass is 10.0. The lowest BCUT2D eigenvalue weighted by molar-refractivity contribution is -0.122. The molecule has 1 aliphatic rings. The standard InChI is InChI=1S/C22H31N5O2/c1-14(2)20(21(23)29)27-22-16-10-5-6-11-17(16)25-18(26-22)12-7-13-19(28)24-15-8-3-4-9-15/h5-6,10-11,14-15,20H,3-4,7-9,12-13H2,1-2H3,(H2,23,29)(H,24,28)(H,25,26,27)/t20-/m0/s1. The first kappa shape index (κ1) is 21.0. The number of carbonyl (C=O) groups is 2. The van der Waals surface area contributed by atoms with E-state index in [2.05, 4.69) is 20.6 Å². The van der Waals surface area contributed by atoms with Gasteiger partial charge in [0.15, 0.2) is 0 Å². The summed E-state index contributed by atoms with van der Waals surface area (Å²) in [5.41, 5.74) is 6.37. The molecule has 156 valence electrons. The van der Waals surface area contributed by atoms with Gasteiger partial charge in [-0.05, 0) is 37.3 Å². The molecule has 2 amide bonds. The zero-order valence-electron chi connectivity index (χ0n) is 17.3. The van der Waals surface area contributed by atoms with E-state index in [1.165, 1.54) is 12.8 Å². The number of nitrogens with zero attached hydrogens (tertiary/aromatic N) is 2. The number of aryl methyl sites for hydroxylation is 1. The third-order valence-corrected chi connectivity index (χ3v) is 5.44. The minimum Gasteiger partial charge on any atom is -0.368 e. The summed E-state index contributed by atoms with van der Waals surface area (Å²) in [6.07, 6.45) is 6.32. The molecule has 7 heteroatoms.